The second-order valence-electron chi connectivity index (χ2n) is 3.79. The summed E-state index contributed by atoms with van der Waals surface area (Å²) in [6, 6.07) is 10.8. The number of benzene rings is 1. The van der Waals surface area contributed by atoms with Crippen molar-refractivity contribution in [1.82, 2.24) is 4.57 Å². The third kappa shape index (κ3) is 1.72. The van der Waals surface area contributed by atoms with E-state index >= 15 is 0 Å². The quantitative estimate of drug-likeness (QED) is 0.759. The molecule has 0 saturated heterocycles. The van der Waals surface area contributed by atoms with E-state index in [1.165, 1.54) is 6.07 Å². The van der Waals surface area contributed by atoms with Crippen molar-refractivity contribution in [3.63, 3.8) is 0 Å². The molecule has 16 heavy (non-hydrogen) atoms. The van der Waals surface area contributed by atoms with Gasteiger partial charge in [-0.05, 0) is 43.7 Å². The Balaban J connectivity index is 2.57. The Hall–Kier alpha value is -2.03. The Morgan fingerprint density at radius 3 is 2.31 bits per heavy atom. The van der Waals surface area contributed by atoms with Crippen molar-refractivity contribution in [3.05, 3.63) is 53.3 Å². The molecule has 0 aliphatic rings. The standard InChI is InChI=1S/C13H13NO2/c1-9-6-7-10(2)14(9)12-5-3-4-11(8-12)13(15)16/h3-8H,1-2H3,(H,15,16)/p-1. The van der Waals surface area contributed by atoms with Gasteiger partial charge in [0.1, 0.15) is 0 Å². The van der Waals surface area contributed by atoms with Gasteiger partial charge < -0.3 is 14.5 Å². The van der Waals surface area contributed by atoms with E-state index in [0.29, 0.717) is 0 Å². The van der Waals surface area contributed by atoms with Crippen LogP contribution in [0.1, 0.15) is 21.7 Å². The van der Waals surface area contributed by atoms with Crippen LogP contribution in [0.3, 0.4) is 0 Å². The first-order chi connectivity index (χ1) is 7.59. The molecular formula is C13H12NO2-. The van der Waals surface area contributed by atoms with Crippen LogP contribution in [0.2, 0.25) is 0 Å². The van der Waals surface area contributed by atoms with Crippen LogP contribution in [0, 0.1) is 13.8 Å². The van der Waals surface area contributed by atoms with Crippen molar-refractivity contribution < 1.29 is 9.90 Å². The molecule has 0 fully saturated rings. The Bertz CT molecular complexity index is 521. The fourth-order valence-corrected chi connectivity index (χ4v) is 1.85. The SMILES string of the molecule is Cc1ccc(C)n1-c1cccc(C(=O)[O-])c1. The fourth-order valence-electron chi connectivity index (χ4n) is 1.85. The van der Waals surface area contributed by atoms with Crippen molar-refractivity contribution >= 4 is 5.97 Å². The summed E-state index contributed by atoms with van der Waals surface area (Å²) in [5, 5.41) is 10.8. The van der Waals surface area contributed by atoms with Crippen molar-refractivity contribution in [1.29, 1.82) is 0 Å². The van der Waals surface area contributed by atoms with Gasteiger partial charge in [-0.2, -0.15) is 0 Å². The van der Waals surface area contributed by atoms with Gasteiger partial charge in [-0.25, -0.2) is 0 Å². The van der Waals surface area contributed by atoms with Crippen LogP contribution >= 0.6 is 0 Å². The molecule has 3 nitrogen and oxygen atoms in total. The number of carbonyl (C=O) groups excluding carboxylic acids is 1. The summed E-state index contributed by atoms with van der Waals surface area (Å²) in [5.41, 5.74) is 3.20. The number of carboxylic acid groups (broad SMARTS) is 1. The van der Waals surface area contributed by atoms with Crippen LogP contribution in [0.5, 0.6) is 0 Å². The topological polar surface area (TPSA) is 45.1 Å². The van der Waals surface area contributed by atoms with E-state index in [9.17, 15) is 9.90 Å². The summed E-state index contributed by atoms with van der Waals surface area (Å²) >= 11 is 0. The lowest BCUT2D eigenvalue weighted by Crippen LogP contribution is -2.22. The lowest BCUT2D eigenvalue weighted by molar-refractivity contribution is -0.255. The number of aryl methyl sites for hydroxylation is 2. The van der Waals surface area contributed by atoms with E-state index in [4.69, 9.17) is 0 Å². The summed E-state index contributed by atoms with van der Waals surface area (Å²) in [6.45, 7) is 3.97. The predicted molar refractivity (Wildman–Crippen MR) is 59.6 cm³/mol. The summed E-state index contributed by atoms with van der Waals surface area (Å²) in [6.07, 6.45) is 0. The second-order valence-corrected chi connectivity index (χ2v) is 3.79. The van der Waals surface area contributed by atoms with E-state index in [1.54, 1.807) is 12.1 Å². The number of hydrogen-bond donors (Lipinski definition) is 0. The van der Waals surface area contributed by atoms with Crippen LogP contribution in [0.15, 0.2) is 36.4 Å². The van der Waals surface area contributed by atoms with Gasteiger partial charge in [0.15, 0.2) is 0 Å². The van der Waals surface area contributed by atoms with Crippen molar-refractivity contribution in [2.75, 3.05) is 0 Å². The number of aromatic carboxylic acids is 1. The number of carbonyl (C=O) groups is 1. The Morgan fingerprint density at radius 1 is 1.12 bits per heavy atom. The highest BCUT2D eigenvalue weighted by molar-refractivity contribution is 5.86. The number of aromatic nitrogens is 1. The highest BCUT2D eigenvalue weighted by atomic mass is 16.4. The van der Waals surface area contributed by atoms with Gasteiger partial charge in [-0.1, -0.05) is 12.1 Å². The average molecular weight is 214 g/mol. The molecule has 0 saturated carbocycles. The zero-order chi connectivity index (χ0) is 11.7. The van der Waals surface area contributed by atoms with Crippen LogP contribution in [-0.4, -0.2) is 10.5 Å². The molecule has 1 heterocycles. The van der Waals surface area contributed by atoms with Crippen molar-refractivity contribution in [2.24, 2.45) is 0 Å². The maximum atomic E-state index is 10.8. The molecule has 82 valence electrons. The Labute approximate surface area is 94.0 Å². The molecule has 0 atom stereocenters. The summed E-state index contributed by atoms with van der Waals surface area (Å²) < 4.78 is 2.01. The number of rotatable bonds is 2. The van der Waals surface area contributed by atoms with E-state index < -0.39 is 5.97 Å². The van der Waals surface area contributed by atoms with E-state index in [0.717, 1.165) is 17.1 Å². The minimum Gasteiger partial charge on any atom is -0.545 e. The summed E-state index contributed by atoms with van der Waals surface area (Å²) in [5.74, 6) is -1.15. The van der Waals surface area contributed by atoms with Gasteiger partial charge in [0.2, 0.25) is 0 Å². The van der Waals surface area contributed by atoms with Gasteiger partial charge >= 0.3 is 0 Å². The lowest BCUT2D eigenvalue weighted by Gasteiger charge is -2.11. The minimum atomic E-state index is -1.15. The average Bonchev–Trinajstić information content (AvgIpc) is 2.59. The third-order valence-corrected chi connectivity index (χ3v) is 2.61. The molecule has 1 aromatic heterocycles. The van der Waals surface area contributed by atoms with Gasteiger partial charge in [0.05, 0.1) is 5.97 Å². The van der Waals surface area contributed by atoms with Crippen LogP contribution in [0.25, 0.3) is 5.69 Å². The summed E-state index contributed by atoms with van der Waals surface area (Å²) in [7, 11) is 0. The van der Waals surface area contributed by atoms with Gasteiger partial charge in [-0.15, -0.1) is 0 Å². The molecule has 0 bridgehead atoms. The fraction of sp³-hybridized carbons (Fsp3) is 0.154. The summed E-state index contributed by atoms with van der Waals surface area (Å²) in [4.78, 5) is 10.8. The monoisotopic (exact) mass is 214 g/mol. The van der Waals surface area contributed by atoms with E-state index in [2.05, 4.69) is 0 Å². The van der Waals surface area contributed by atoms with Gasteiger partial charge in [0, 0.05) is 17.1 Å². The first-order valence-corrected chi connectivity index (χ1v) is 5.06. The number of carboxylic acids is 1. The molecule has 3 heteroatoms. The third-order valence-electron chi connectivity index (χ3n) is 2.61. The number of hydrogen-bond acceptors (Lipinski definition) is 2. The highest BCUT2D eigenvalue weighted by Crippen LogP contribution is 2.17. The molecule has 0 unspecified atom stereocenters. The minimum absolute atomic E-state index is 0.199. The first-order valence-electron chi connectivity index (χ1n) is 5.06. The van der Waals surface area contributed by atoms with E-state index in [-0.39, 0.29) is 5.56 Å². The molecule has 0 N–H and O–H groups in total. The second kappa shape index (κ2) is 3.85. The Kier molecular flexibility index (Phi) is 2.52. The molecular weight excluding hydrogens is 202 g/mol. The predicted octanol–water partition coefficient (Wildman–Crippen LogP) is 1.46. The zero-order valence-corrected chi connectivity index (χ0v) is 9.23. The molecule has 0 aliphatic carbocycles. The molecule has 1 aromatic carbocycles. The zero-order valence-electron chi connectivity index (χ0n) is 9.23. The lowest BCUT2D eigenvalue weighted by atomic mass is 10.2. The Morgan fingerprint density at radius 2 is 1.75 bits per heavy atom. The van der Waals surface area contributed by atoms with Gasteiger partial charge in [0.25, 0.3) is 0 Å². The van der Waals surface area contributed by atoms with Crippen molar-refractivity contribution in [2.45, 2.75) is 13.8 Å². The number of nitrogens with zero attached hydrogens (tertiary/aromatic N) is 1. The normalized spacial score (nSPS) is 10.4. The molecule has 2 aromatic rings. The molecule has 2 rings (SSSR count). The smallest absolute Gasteiger partial charge is 0.0716 e. The van der Waals surface area contributed by atoms with Gasteiger partial charge in [-0.3, -0.25) is 0 Å². The highest BCUT2D eigenvalue weighted by Gasteiger charge is 2.04. The largest absolute Gasteiger partial charge is 0.545 e. The maximum absolute atomic E-state index is 10.8. The van der Waals surface area contributed by atoms with Crippen LogP contribution < -0.4 is 5.11 Å². The first kappa shape index (κ1) is 10.5. The van der Waals surface area contributed by atoms with Crippen LogP contribution in [-0.2, 0) is 0 Å². The molecule has 0 spiro atoms. The molecule has 0 radical (unpaired) electrons. The molecule has 0 amide bonds. The maximum Gasteiger partial charge on any atom is 0.0716 e. The van der Waals surface area contributed by atoms with Crippen LogP contribution in [0.4, 0.5) is 0 Å². The van der Waals surface area contributed by atoms with E-state index in [1.807, 2.05) is 36.6 Å². The van der Waals surface area contributed by atoms with Crippen molar-refractivity contribution in [3.8, 4) is 5.69 Å². The molecule has 0 aliphatic heterocycles.